The van der Waals surface area contributed by atoms with Crippen LogP contribution < -0.4 is 0 Å². The lowest BCUT2D eigenvalue weighted by Crippen LogP contribution is -2.26. The van der Waals surface area contributed by atoms with Crippen LogP contribution in [0.1, 0.15) is 30.3 Å². The molecule has 0 amide bonds. The number of carbonyl (C=O) groups excluding carboxylic acids is 1. The van der Waals surface area contributed by atoms with Gasteiger partial charge in [-0.15, -0.1) is 0 Å². The lowest BCUT2D eigenvalue weighted by atomic mass is 9.86. The number of halogens is 3. The zero-order valence-electron chi connectivity index (χ0n) is 10.5. The molecule has 0 fully saturated rings. The minimum absolute atomic E-state index is 0.272. The maximum absolute atomic E-state index is 12.5. The highest BCUT2D eigenvalue weighted by atomic mass is 19.4. The monoisotopic (exact) mass is 273 g/mol. The van der Waals surface area contributed by atoms with Crippen molar-refractivity contribution < 1.29 is 22.7 Å². The van der Waals surface area contributed by atoms with Gasteiger partial charge in [-0.05, 0) is 37.8 Å². The van der Waals surface area contributed by atoms with E-state index in [2.05, 4.69) is 4.98 Å². The van der Waals surface area contributed by atoms with Crippen molar-refractivity contribution in [3.8, 4) is 0 Å². The topological polar surface area (TPSA) is 39.2 Å². The van der Waals surface area contributed by atoms with E-state index in [9.17, 15) is 18.0 Å². The van der Waals surface area contributed by atoms with E-state index in [-0.39, 0.29) is 11.9 Å². The number of fused-ring (bicyclic) bond motifs is 1. The first-order chi connectivity index (χ1) is 8.91. The first kappa shape index (κ1) is 13.8. The molecule has 0 saturated carbocycles. The molecular formula is C13H14F3NO2. The van der Waals surface area contributed by atoms with Gasteiger partial charge in [-0.1, -0.05) is 6.07 Å². The number of hydrogen-bond acceptors (Lipinski definition) is 3. The van der Waals surface area contributed by atoms with Crippen molar-refractivity contribution in [1.29, 1.82) is 0 Å². The van der Waals surface area contributed by atoms with Crippen LogP contribution in [0.15, 0.2) is 12.1 Å². The second-order valence-electron chi connectivity index (χ2n) is 4.49. The summed E-state index contributed by atoms with van der Waals surface area (Å²) in [4.78, 5) is 15.3. The highest BCUT2D eigenvalue weighted by molar-refractivity contribution is 5.73. The number of aromatic nitrogens is 1. The number of alkyl halides is 3. The van der Waals surface area contributed by atoms with Gasteiger partial charge in [0, 0.05) is 5.69 Å². The Kier molecular flexibility index (Phi) is 3.78. The molecule has 1 atom stereocenters. The van der Waals surface area contributed by atoms with Crippen molar-refractivity contribution in [2.45, 2.75) is 32.4 Å². The van der Waals surface area contributed by atoms with Crippen LogP contribution in [0.2, 0.25) is 0 Å². The molecule has 0 radical (unpaired) electrons. The summed E-state index contributed by atoms with van der Waals surface area (Å²) in [5, 5.41) is 0. The lowest BCUT2D eigenvalue weighted by Gasteiger charge is -2.23. The van der Waals surface area contributed by atoms with E-state index in [0.717, 1.165) is 6.07 Å². The number of aryl methyl sites for hydroxylation is 1. The average molecular weight is 273 g/mol. The average Bonchev–Trinajstić information content (AvgIpc) is 2.36. The van der Waals surface area contributed by atoms with Gasteiger partial charge in [0.05, 0.1) is 12.5 Å². The third-order valence-corrected chi connectivity index (χ3v) is 3.17. The SMILES string of the molecule is CCOC(=O)[C@@H]1CCc2nc(C(F)(F)F)ccc2C1. The molecule has 0 spiro atoms. The lowest BCUT2D eigenvalue weighted by molar-refractivity contribution is -0.148. The van der Waals surface area contributed by atoms with Crippen molar-refractivity contribution >= 4 is 5.97 Å². The molecule has 6 heteroatoms. The Hall–Kier alpha value is -1.59. The summed E-state index contributed by atoms with van der Waals surface area (Å²) >= 11 is 0. The predicted molar refractivity (Wildman–Crippen MR) is 61.4 cm³/mol. The summed E-state index contributed by atoms with van der Waals surface area (Å²) in [7, 11) is 0. The fourth-order valence-electron chi connectivity index (χ4n) is 2.23. The van der Waals surface area contributed by atoms with Crippen molar-refractivity contribution in [2.24, 2.45) is 5.92 Å². The maximum atomic E-state index is 12.5. The van der Waals surface area contributed by atoms with E-state index in [0.29, 0.717) is 37.1 Å². The normalized spacial score (nSPS) is 18.8. The molecule has 0 aliphatic heterocycles. The predicted octanol–water partition coefficient (Wildman–Crippen LogP) is 2.77. The first-order valence-electron chi connectivity index (χ1n) is 6.14. The summed E-state index contributed by atoms with van der Waals surface area (Å²) in [5.41, 5.74) is 0.272. The second kappa shape index (κ2) is 5.19. The Morgan fingerprint density at radius 1 is 1.47 bits per heavy atom. The Labute approximate surface area is 108 Å². The summed E-state index contributed by atoms with van der Waals surface area (Å²) < 4.78 is 42.5. The molecule has 0 bridgehead atoms. The zero-order chi connectivity index (χ0) is 14.0. The second-order valence-corrected chi connectivity index (χ2v) is 4.49. The van der Waals surface area contributed by atoms with Crippen LogP contribution >= 0.6 is 0 Å². The molecule has 0 aromatic carbocycles. The standard InChI is InChI=1S/C13H14F3NO2/c1-2-19-12(18)9-3-5-10-8(7-9)4-6-11(17-10)13(14,15)16/h4,6,9H,2-3,5,7H2,1H3/t9-/m1/s1. The largest absolute Gasteiger partial charge is 0.466 e. The van der Waals surface area contributed by atoms with E-state index in [1.165, 1.54) is 6.07 Å². The van der Waals surface area contributed by atoms with Gasteiger partial charge in [-0.3, -0.25) is 4.79 Å². The van der Waals surface area contributed by atoms with Crippen molar-refractivity contribution in [1.82, 2.24) is 4.98 Å². The summed E-state index contributed by atoms with van der Waals surface area (Å²) in [5.74, 6) is -0.556. The minimum Gasteiger partial charge on any atom is -0.466 e. The molecule has 19 heavy (non-hydrogen) atoms. The fourth-order valence-corrected chi connectivity index (χ4v) is 2.23. The molecule has 104 valence electrons. The van der Waals surface area contributed by atoms with Crippen LogP contribution in [-0.4, -0.2) is 17.6 Å². The number of ether oxygens (including phenoxy) is 1. The molecule has 1 aliphatic carbocycles. The Balaban J connectivity index is 2.17. The van der Waals surface area contributed by atoms with E-state index < -0.39 is 11.9 Å². The Bertz CT molecular complexity index is 485. The highest BCUT2D eigenvalue weighted by Gasteiger charge is 2.34. The fraction of sp³-hybridized carbons (Fsp3) is 0.538. The third kappa shape index (κ3) is 3.05. The van der Waals surface area contributed by atoms with E-state index >= 15 is 0 Å². The molecule has 0 saturated heterocycles. The highest BCUT2D eigenvalue weighted by Crippen LogP contribution is 2.31. The molecule has 1 heterocycles. The number of esters is 1. The van der Waals surface area contributed by atoms with Crippen LogP contribution in [0.25, 0.3) is 0 Å². The van der Waals surface area contributed by atoms with Crippen LogP contribution in [-0.2, 0) is 28.5 Å². The molecule has 1 aromatic heterocycles. The van der Waals surface area contributed by atoms with Gasteiger partial charge in [0.1, 0.15) is 5.69 Å². The maximum Gasteiger partial charge on any atom is 0.433 e. The van der Waals surface area contributed by atoms with Crippen molar-refractivity contribution in [2.75, 3.05) is 6.61 Å². The van der Waals surface area contributed by atoms with Crippen molar-refractivity contribution in [3.63, 3.8) is 0 Å². The van der Waals surface area contributed by atoms with Gasteiger partial charge in [0.25, 0.3) is 0 Å². The number of hydrogen-bond donors (Lipinski definition) is 0. The number of carbonyl (C=O) groups is 1. The van der Waals surface area contributed by atoms with Crippen LogP contribution in [0.5, 0.6) is 0 Å². The van der Waals surface area contributed by atoms with E-state index in [1.54, 1.807) is 6.92 Å². The molecule has 0 N–H and O–H groups in total. The van der Waals surface area contributed by atoms with Gasteiger partial charge in [-0.25, -0.2) is 4.98 Å². The third-order valence-electron chi connectivity index (χ3n) is 3.17. The van der Waals surface area contributed by atoms with Gasteiger partial charge in [0.2, 0.25) is 0 Å². The molecule has 0 unspecified atom stereocenters. The van der Waals surface area contributed by atoms with E-state index in [1.807, 2.05) is 0 Å². The van der Waals surface area contributed by atoms with Crippen LogP contribution in [0, 0.1) is 5.92 Å². The number of nitrogens with zero attached hydrogens (tertiary/aromatic N) is 1. The van der Waals surface area contributed by atoms with Gasteiger partial charge >= 0.3 is 12.1 Å². The smallest absolute Gasteiger partial charge is 0.433 e. The van der Waals surface area contributed by atoms with Crippen molar-refractivity contribution in [3.05, 3.63) is 29.1 Å². The molecule has 1 aromatic rings. The number of pyridine rings is 1. The van der Waals surface area contributed by atoms with Crippen LogP contribution in [0.3, 0.4) is 0 Å². The summed E-state index contributed by atoms with van der Waals surface area (Å²) in [6.07, 6.45) is -3.16. The molecule has 2 rings (SSSR count). The van der Waals surface area contributed by atoms with Gasteiger partial charge < -0.3 is 4.74 Å². The zero-order valence-corrected chi connectivity index (χ0v) is 10.5. The first-order valence-corrected chi connectivity index (χ1v) is 6.14. The molecular weight excluding hydrogens is 259 g/mol. The van der Waals surface area contributed by atoms with Gasteiger partial charge in [-0.2, -0.15) is 13.2 Å². The summed E-state index contributed by atoms with van der Waals surface area (Å²) in [6.45, 7) is 2.04. The Morgan fingerprint density at radius 2 is 2.21 bits per heavy atom. The van der Waals surface area contributed by atoms with E-state index in [4.69, 9.17) is 4.74 Å². The molecule has 3 nitrogen and oxygen atoms in total. The Morgan fingerprint density at radius 3 is 2.84 bits per heavy atom. The van der Waals surface area contributed by atoms with Gasteiger partial charge in [0.15, 0.2) is 0 Å². The number of rotatable bonds is 2. The van der Waals surface area contributed by atoms with Crippen LogP contribution in [0.4, 0.5) is 13.2 Å². The molecule has 1 aliphatic rings. The minimum atomic E-state index is -4.42. The quantitative estimate of drug-likeness (QED) is 0.778. The summed E-state index contributed by atoms with van der Waals surface area (Å²) in [6, 6.07) is 2.38.